The molecular formula is C20H27F2NO3. The minimum atomic E-state index is -2.83. The van der Waals surface area contributed by atoms with E-state index in [1.807, 2.05) is 0 Å². The molecule has 26 heavy (non-hydrogen) atoms. The SMILES string of the molecule is CCCC1(O)CCC2(CCN(c3ccc(C(O)C(F)F)cc3)C2=O)CC1. The van der Waals surface area contributed by atoms with E-state index in [0.717, 1.165) is 19.3 Å². The van der Waals surface area contributed by atoms with E-state index in [2.05, 4.69) is 6.92 Å². The molecule has 0 bridgehead atoms. The number of aliphatic hydroxyl groups excluding tert-OH is 1. The molecule has 0 radical (unpaired) electrons. The molecule has 1 aromatic carbocycles. The normalized spacial score (nSPS) is 30.4. The van der Waals surface area contributed by atoms with Gasteiger partial charge in [-0.25, -0.2) is 8.78 Å². The van der Waals surface area contributed by atoms with Gasteiger partial charge in [0.05, 0.1) is 11.0 Å². The van der Waals surface area contributed by atoms with Crippen LogP contribution in [0.25, 0.3) is 0 Å². The van der Waals surface area contributed by atoms with Gasteiger partial charge in [-0.2, -0.15) is 0 Å². The van der Waals surface area contributed by atoms with Crippen molar-refractivity contribution in [3.8, 4) is 0 Å². The van der Waals surface area contributed by atoms with Crippen molar-refractivity contribution in [1.29, 1.82) is 0 Å². The number of amides is 1. The fraction of sp³-hybridized carbons (Fsp3) is 0.650. The van der Waals surface area contributed by atoms with Crippen LogP contribution >= 0.6 is 0 Å². The van der Waals surface area contributed by atoms with Gasteiger partial charge in [-0.1, -0.05) is 25.5 Å². The highest BCUT2D eigenvalue weighted by atomic mass is 19.3. The summed E-state index contributed by atoms with van der Waals surface area (Å²) in [5.74, 6) is 0.0678. The molecule has 2 aliphatic rings. The molecular weight excluding hydrogens is 340 g/mol. The van der Waals surface area contributed by atoms with E-state index in [1.54, 1.807) is 17.0 Å². The molecule has 1 spiro atoms. The Morgan fingerprint density at radius 1 is 1.12 bits per heavy atom. The molecule has 3 rings (SSSR count). The number of alkyl halides is 2. The van der Waals surface area contributed by atoms with Gasteiger partial charge in [-0.15, -0.1) is 0 Å². The van der Waals surface area contributed by atoms with Crippen LogP contribution in [0.15, 0.2) is 24.3 Å². The number of carbonyl (C=O) groups is 1. The standard InChI is InChI=1S/C20H27F2NO3/c1-2-7-20(26)10-8-19(9-11-20)12-13-23(18(19)25)15-5-3-14(4-6-15)16(24)17(21)22/h3-6,16-17,24,26H,2,7-13H2,1H3. The zero-order valence-electron chi connectivity index (χ0n) is 15.1. The molecule has 1 atom stereocenters. The van der Waals surface area contributed by atoms with Crippen molar-refractivity contribution in [2.75, 3.05) is 11.4 Å². The highest BCUT2D eigenvalue weighted by Gasteiger charge is 2.51. The number of aliphatic hydroxyl groups is 2. The van der Waals surface area contributed by atoms with Crippen molar-refractivity contribution in [2.45, 2.75) is 70.0 Å². The number of carbonyl (C=O) groups excluding carboxylic acids is 1. The minimum absolute atomic E-state index is 0.0678. The van der Waals surface area contributed by atoms with Crippen LogP contribution in [-0.4, -0.2) is 34.7 Å². The van der Waals surface area contributed by atoms with Crippen LogP contribution < -0.4 is 4.90 Å². The molecule has 144 valence electrons. The van der Waals surface area contributed by atoms with Crippen LogP contribution in [0.2, 0.25) is 0 Å². The largest absolute Gasteiger partial charge is 0.390 e. The smallest absolute Gasteiger partial charge is 0.268 e. The maximum atomic E-state index is 13.1. The summed E-state index contributed by atoms with van der Waals surface area (Å²) in [6.07, 6.45) is 0.521. The van der Waals surface area contributed by atoms with E-state index >= 15 is 0 Å². The van der Waals surface area contributed by atoms with Crippen molar-refractivity contribution >= 4 is 11.6 Å². The van der Waals surface area contributed by atoms with Crippen molar-refractivity contribution in [2.24, 2.45) is 5.41 Å². The highest BCUT2D eigenvalue weighted by Crippen LogP contribution is 2.49. The number of anilines is 1. The number of hydrogen-bond donors (Lipinski definition) is 2. The maximum Gasteiger partial charge on any atom is 0.268 e. The average Bonchev–Trinajstić information content (AvgIpc) is 2.94. The van der Waals surface area contributed by atoms with Gasteiger partial charge < -0.3 is 15.1 Å². The topological polar surface area (TPSA) is 60.8 Å². The summed E-state index contributed by atoms with van der Waals surface area (Å²) < 4.78 is 25.2. The predicted octanol–water partition coefficient (Wildman–Crippen LogP) is 3.81. The molecule has 1 aliphatic carbocycles. The van der Waals surface area contributed by atoms with Crippen LogP contribution in [-0.2, 0) is 4.79 Å². The van der Waals surface area contributed by atoms with E-state index in [4.69, 9.17) is 0 Å². The third-order valence-corrected chi connectivity index (χ3v) is 6.15. The lowest BCUT2D eigenvalue weighted by molar-refractivity contribution is -0.130. The Hall–Kier alpha value is -1.53. The Kier molecular flexibility index (Phi) is 5.35. The highest BCUT2D eigenvalue weighted by molar-refractivity contribution is 6.00. The summed E-state index contributed by atoms with van der Waals surface area (Å²) in [5.41, 5.74) is -0.221. The van der Waals surface area contributed by atoms with E-state index in [0.29, 0.717) is 37.9 Å². The van der Waals surface area contributed by atoms with Crippen LogP contribution in [0.5, 0.6) is 0 Å². The van der Waals surface area contributed by atoms with E-state index in [-0.39, 0.29) is 11.5 Å². The number of nitrogens with zero attached hydrogens (tertiary/aromatic N) is 1. The van der Waals surface area contributed by atoms with Gasteiger partial charge in [0.2, 0.25) is 5.91 Å². The van der Waals surface area contributed by atoms with Crippen molar-refractivity contribution in [1.82, 2.24) is 0 Å². The van der Waals surface area contributed by atoms with Gasteiger partial charge in [-0.05, 0) is 56.2 Å². The van der Waals surface area contributed by atoms with E-state index < -0.39 is 23.5 Å². The molecule has 4 nitrogen and oxygen atoms in total. The number of halogens is 2. The van der Waals surface area contributed by atoms with Gasteiger partial charge in [0.1, 0.15) is 6.10 Å². The summed E-state index contributed by atoms with van der Waals surface area (Å²) in [6.45, 7) is 2.65. The molecule has 1 aromatic rings. The molecule has 1 heterocycles. The molecule has 2 fully saturated rings. The average molecular weight is 367 g/mol. The molecule has 1 aliphatic heterocycles. The monoisotopic (exact) mass is 367 g/mol. The quantitative estimate of drug-likeness (QED) is 0.832. The predicted molar refractivity (Wildman–Crippen MR) is 95.1 cm³/mol. The van der Waals surface area contributed by atoms with Crippen LogP contribution in [0, 0.1) is 5.41 Å². The first-order chi connectivity index (χ1) is 12.3. The first-order valence-electron chi connectivity index (χ1n) is 9.41. The van der Waals surface area contributed by atoms with Crippen molar-refractivity contribution < 1.29 is 23.8 Å². The summed E-state index contributed by atoms with van der Waals surface area (Å²) in [7, 11) is 0. The minimum Gasteiger partial charge on any atom is -0.390 e. The second kappa shape index (κ2) is 7.24. The fourth-order valence-corrected chi connectivity index (χ4v) is 4.44. The molecule has 1 amide bonds. The number of benzene rings is 1. The molecule has 2 N–H and O–H groups in total. The summed E-state index contributed by atoms with van der Waals surface area (Å²) in [4.78, 5) is 14.8. The van der Waals surface area contributed by atoms with Gasteiger partial charge in [0.15, 0.2) is 0 Å². The molecule has 1 unspecified atom stereocenters. The van der Waals surface area contributed by atoms with Crippen molar-refractivity contribution in [3.05, 3.63) is 29.8 Å². The first kappa shape index (κ1) is 19.2. The number of rotatable bonds is 5. The van der Waals surface area contributed by atoms with E-state index in [1.165, 1.54) is 12.1 Å². The van der Waals surface area contributed by atoms with Crippen LogP contribution in [0.1, 0.15) is 63.5 Å². The van der Waals surface area contributed by atoms with Gasteiger partial charge >= 0.3 is 0 Å². The fourth-order valence-electron chi connectivity index (χ4n) is 4.44. The number of hydrogen-bond acceptors (Lipinski definition) is 3. The molecule has 1 saturated heterocycles. The Morgan fingerprint density at radius 3 is 2.27 bits per heavy atom. The second-order valence-corrected chi connectivity index (χ2v) is 7.83. The summed E-state index contributed by atoms with van der Waals surface area (Å²) >= 11 is 0. The van der Waals surface area contributed by atoms with Crippen LogP contribution in [0.4, 0.5) is 14.5 Å². The van der Waals surface area contributed by atoms with Gasteiger partial charge in [0.25, 0.3) is 6.43 Å². The lowest BCUT2D eigenvalue weighted by atomic mass is 9.67. The Morgan fingerprint density at radius 2 is 1.73 bits per heavy atom. The third kappa shape index (κ3) is 3.49. The molecule has 0 aromatic heterocycles. The second-order valence-electron chi connectivity index (χ2n) is 7.83. The van der Waals surface area contributed by atoms with Gasteiger partial charge in [-0.3, -0.25) is 4.79 Å². The van der Waals surface area contributed by atoms with Crippen LogP contribution in [0.3, 0.4) is 0 Å². The Balaban J connectivity index is 1.70. The Labute approximate surface area is 152 Å². The zero-order valence-corrected chi connectivity index (χ0v) is 15.1. The summed E-state index contributed by atoms with van der Waals surface area (Å²) in [5, 5.41) is 20.0. The lowest BCUT2D eigenvalue weighted by Crippen LogP contribution is -2.43. The lowest BCUT2D eigenvalue weighted by Gasteiger charge is -2.41. The van der Waals surface area contributed by atoms with E-state index in [9.17, 15) is 23.8 Å². The van der Waals surface area contributed by atoms with Crippen molar-refractivity contribution in [3.63, 3.8) is 0 Å². The molecule has 1 saturated carbocycles. The third-order valence-electron chi connectivity index (χ3n) is 6.15. The van der Waals surface area contributed by atoms with Gasteiger partial charge in [0, 0.05) is 12.2 Å². The molecule has 6 heteroatoms. The first-order valence-corrected chi connectivity index (χ1v) is 9.41. The zero-order chi connectivity index (χ0) is 18.9. The Bertz CT molecular complexity index is 639. The maximum absolute atomic E-state index is 13.1. The summed E-state index contributed by atoms with van der Waals surface area (Å²) in [6, 6.07) is 6.14.